The van der Waals surface area contributed by atoms with Gasteiger partial charge in [-0.05, 0) is 67.2 Å². The molecule has 4 rings (SSSR count). The molecule has 0 aliphatic heterocycles. The maximum absolute atomic E-state index is 3.87. The second-order valence-electron chi connectivity index (χ2n) is 7.79. The number of hydrogen-bond acceptors (Lipinski definition) is 1. The van der Waals surface area contributed by atoms with Crippen molar-refractivity contribution in [3.63, 3.8) is 0 Å². The molecule has 0 spiro atoms. The number of nitrogens with one attached hydrogen (secondary N) is 1. The molecule has 1 fully saturated rings. The minimum atomic E-state index is 0.641. The minimum Gasteiger partial charge on any atom is -0.310 e. The van der Waals surface area contributed by atoms with Gasteiger partial charge in [-0.1, -0.05) is 66.6 Å². The summed E-state index contributed by atoms with van der Waals surface area (Å²) in [6.07, 6.45) is 12.3. The van der Waals surface area contributed by atoms with Crippen LogP contribution in [-0.2, 0) is 13.0 Å². The maximum Gasteiger partial charge on any atom is 0.0214 e. The molecule has 2 aromatic rings. The molecule has 1 N–H and O–H groups in total. The van der Waals surface area contributed by atoms with Gasteiger partial charge in [0.05, 0.1) is 0 Å². The smallest absolute Gasteiger partial charge is 0.0214 e. The Labute approximate surface area is 152 Å². The van der Waals surface area contributed by atoms with Crippen molar-refractivity contribution in [2.45, 2.75) is 64.0 Å². The minimum absolute atomic E-state index is 0.641. The van der Waals surface area contributed by atoms with E-state index >= 15 is 0 Å². The van der Waals surface area contributed by atoms with E-state index in [0.29, 0.717) is 6.04 Å². The Bertz CT molecular complexity index is 758. The van der Waals surface area contributed by atoms with Crippen LogP contribution < -0.4 is 5.32 Å². The molecule has 0 bridgehead atoms. The van der Waals surface area contributed by atoms with E-state index in [9.17, 15) is 0 Å². The first-order valence-corrected chi connectivity index (χ1v) is 9.87. The molecular formula is C24H29N. The van der Waals surface area contributed by atoms with E-state index < -0.39 is 0 Å². The first-order valence-electron chi connectivity index (χ1n) is 9.87. The predicted octanol–water partition coefficient (Wildman–Crippen LogP) is 5.77. The van der Waals surface area contributed by atoms with Crippen LogP contribution in [0.15, 0.2) is 48.5 Å². The molecule has 1 nitrogen and oxygen atoms in total. The van der Waals surface area contributed by atoms with Crippen molar-refractivity contribution in [3.05, 3.63) is 76.4 Å². The molecule has 25 heavy (non-hydrogen) atoms. The summed E-state index contributed by atoms with van der Waals surface area (Å²) in [6, 6.07) is 16.6. The summed E-state index contributed by atoms with van der Waals surface area (Å²) < 4.78 is 0. The molecule has 2 atom stereocenters. The summed E-state index contributed by atoms with van der Waals surface area (Å²) in [5.41, 5.74) is 7.36. The highest BCUT2D eigenvalue weighted by Crippen LogP contribution is 2.33. The average Bonchev–Trinajstić information content (AvgIpc) is 2.66. The monoisotopic (exact) mass is 331 g/mol. The quantitative estimate of drug-likeness (QED) is 0.750. The SMILES string of the molecule is Cc1cccc(C2CCCC(NCc3cccc4c3C=CCC4)C2)c1. The molecule has 0 amide bonds. The fourth-order valence-electron chi connectivity index (χ4n) is 4.55. The van der Waals surface area contributed by atoms with Gasteiger partial charge in [0, 0.05) is 12.6 Å². The highest BCUT2D eigenvalue weighted by atomic mass is 14.9. The molecule has 0 aromatic heterocycles. The third-order valence-electron chi connectivity index (χ3n) is 5.92. The van der Waals surface area contributed by atoms with Crippen LogP contribution in [0.2, 0.25) is 0 Å². The summed E-state index contributed by atoms with van der Waals surface area (Å²) in [5.74, 6) is 0.718. The number of benzene rings is 2. The number of aryl methyl sites for hydroxylation is 2. The molecule has 2 aliphatic carbocycles. The van der Waals surface area contributed by atoms with Crippen LogP contribution in [0.25, 0.3) is 6.08 Å². The van der Waals surface area contributed by atoms with Crippen LogP contribution >= 0.6 is 0 Å². The zero-order valence-corrected chi connectivity index (χ0v) is 15.3. The van der Waals surface area contributed by atoms with E-state index in [1.165, 1.54) is 66.3 Å². The number of fused-ring (bicyclic) bond motifs is 1. The first-order chi connectivity index (χ1) is 12.3. The van der Waals surface area contributed by atoms with Crippen LogP contribution in [0, 0.1) is 6.92 Å². The van der Waals surface area contributed by atoms with Gasteiger partial charge in [0.1, 0.15) is 0 Å². The fourth-order valence-corrected chi connectivity index (χ4v) is 4.55. The molecule has 1 saturated carbocycles. The Morgan fingerprint density at radius 1 is 1.08 bits per heavy atom. The zero-order valence-electron chi connectivity index (χ0n) is 15.3. The highest BCUT2D eigenvalue weighted by molar-refractivity contribution is 5.60. The van der Waals surface area contributed by atoms with E-state index in [0.717, 1.165) is 12.5 Å². The summed E-state index contributed by atoms with van der Waals surface area (Å²) >= 11 is 0. The molecule has 0 saturated heterocycles. The Balaban J connectivity index is 1.41. The van der Waals surface area contributed by atoms with Gasteiger partial charge in [-0.3, -0.25) is 0 Å². The van der Waals surface area contributed by atoms with Crippen molar-refractivity contribution >= 4 is 6.08 Å². The summed E-state index contributed by atoms with van der Waals surface area (Å²) in [5, 5.41) is 3.87. The van der Waals surface area contributed by atoms with Gasteiger partial charge in [-0.15, -0.1) is 0 Å². The number of rotatable bonds is 4. The lowest BCUT2D eigenvalue weighted by molar-refractivity contribution is 0.338. The van der Waals surface area contributed by atoms with Gasteiger partial charge >= 0.3 is 0 Å². The summed E-state index contributed by atoms with van der Waals surface area (Å²) in [4.78, 5) is 0. The largest absolute Gasteiger partial charge is 0.310 e. The molecule has 1 heteroatoms. The highest BCUT2D eigenvalue weighted by Gasteiger charge is 2.23. The van der Waals surface area contributed by atoms with Gasteiger partial charge < -0.3 is 5.32 Å². The third-order valence-corrected chi connectivity index (χ3v) is 5.92. The van der Waals surface area contributed by atoms with Crippen molar-refractivity contribution in [3.8, 4) is 0 Å². The van der Waals surface area contributed by atoms with Crippen molar-refractivity contribution in [2.24, 2.45) is 0 Å². The number of hydrogen-bond donors (Lipinski definition) is 1. The lowest BCUT2D eigenvalue weighted by Gasteiger charge is -2.31. The fraction of sp³-hybridized carbons (Fsp3) is 0.417. The molecule has 0 radical (unpaired) electrons. The molecule has 2 unspecified atom stereocenters. The lowest BCUT2D eigenvalue weighted by Crippen LogP contribution is -2.33. The van der Waals surface area contributed by atoms with Gasteiger partial charge in [0.15, 0.2) is 0 Å². The van der Waals surface area contributed by atoms with Crippen molar-refractivity contribution < 1.29 is 0 Å². The molecule has 130 valence electrons. The van der Waals surface area contributed by atoms with Crippen LogP contribution in [0.4, 0.5) is 0 Å². The molecular weight excluding hydrogens is 302 g/mol. The summed E-state index contributed by atoms with van der Waals surface area (Å²) in [7, 11) is 0. The molecule has 2 aromatic carbocycles. The second-order valence-corrected chi connectivity index (χ2v) is 7.79. The van der Waals surface area contributed by atoms with Gasteiger partial charge in [0.25, 0.3) is 0 Å². The van der Waals surface area contributed by atoms with E-state index in [1.807, 2.05) is 0 Å². The topological polar surface area (TPSA) is 12.0 Å². The Kier molecular flexibility index (Phi) is 5.03. The standard InChI is InChI=1S/C24H29N/c1-18-7-4-10-20(15-18)21-11-6-13-23(16-21)25-17-22-12-5-9-19-8-2-3-14-24(19)22/h3-5,7,9-10,12,14-15,21,23,25H,2,6,8,11,13,16-17H2,1H3. The van der Waals surface area contributed by atoms with E-state index in [1.54, 1.807) is 0 Å². The van der Waals surface area contributed by atoms with Crippen molar-refractivity contribution in [1.82, 2.24) is 5.32 Å². The van der Waals surface area contributed by atoms with E-state index in [4.69, 9.17) is 0 Å². The second kappa shape index (κ2) is 7.58. The van der Waals surface area contributed by atoms with Crippen LogP contribution in [0.3, 0.4) is 0 Å². The Morgan fingerprint density at radius 2 is 2.00 bits per heavy atom. The van der Waals surface area contributed by atoms with Crippen molar-refractivity contribution in [1.29, 1.82) is 0 Å². The van der Waals surface area contributed by atoms with Gasteiger partial charge in [-0.2, -0.15) is 0 Å². The summed E-state index contributed by atoms with van der Waals surface area (Å²) in [6.45, 7) is 3.20. The zero-order chi connectivity index (χ0) is 17.1. The van der Waals surface area contributed by atoms with E-state index in [2.05, 4.69) is 66.9 Å². The molecule has 2 aliphatic rings. The van der Waals surface area contributed by atoms with Crippen LogP contribution in [0.1, 0.15) is 65.8 Å². The number of allylic oxidation sites excluding steroid dienone is 1. The lowest BCUT2D eigenvalue weighted by atomic mass is 9.81. The van der Waals surface area contributed by atoms with Gasteiger partial charge in [-0.25, -0.2) is 0 Å². The van der Waals surface area contributed by atoms with Crippen LogP contribution in [0.5, 0.6) is 0 Å². The van der Waals surface area contributed by atoms with Crippen molar-refractivity contribution in [2.75, 3.05) is 0 Å². The normalized spacial score (nSPS) is 22.6. The first kappa shape index (κ1) is 16.6. The maximum atomic E-state index is 3.87. The third kappa shape index (κ3) is 3.88. The average molecular weight is 332 g/mol. The Hall–Kier alpha value is -1.86. The van der Waals surface area contributed by atoms with Crippen LogP contribution in [-0.4, -0.2) is 6.04 Å². The van der Waals surface area contributed by atoms with E-state index in [-0.39, 0.29) is 0 Å². The Morgan fingerprint density at radius 3 is 2.92 bits per heavy atom. The van der Waals surface area contributed by atoms with Gasteiger partial charge in [0.2, 0.25) is 0 Å². The molecule has 0 heterocycles. The predicted molar refractivity (Wildman–Crippen MR) is 107 cm³/mol.